The Balaban J connectivity index is 1.72. The van der Waals surface area contributed by atoms with Crippen LogP contribution in [0, 0.1) is 11.6 Å². The molecule has 0 unspecified atom stereocenters. The number of pyridine rings is 1. The van der Waals surface area contributed by atoms with Crippen LogP contribution in [0.3, 0.4) is 0 Å². The van der Waals surface area contributed by atoms with Crippen LogP contribution in [0.2, 0.25) is 0 Å². The normalized spacial score (nSPS) is 10.3. The van der Waals surface area contributed by atoms with E-state index in [1.807, 2.05) is 31.1 Å². The van der Waals surface area contributed by atoms with Crippen LogP contribution in [0.1, 0.15) is 20.8 Å². The first kappa shape index (κ1) is 19.9. The van der Waals surface area contributed by atoms with Crippen LogP contribution in [0.15, 0.2) is 60.8 Å². The van der Waals surface area contributed by atoms with Gasteiger partial charge in [-0.25, -0.2) is 8.78 Å². The molecule has 0 aliphatic rings. The summed E-state index contributed by atoms with van der Waals surface area (Å²) in [7, 11) is 3.82. The standard InChI is InChI=1S/C21H18F2N4O2/c1-27(2)16-6-4-15(5-7-16)25-20(28)13-9-10-24-19(11-13)21(29)26-18-8-3-14(22)12-17(18)23/h3-12H,1-2H3,(H,25,28)(H,26,29). The van der Waals surface area contributed by atoms with Gasteiger partial charge in [0.15, 0.2) is 0 Å². The van der Waals surface area contributed by atoms with Crippen LogP contribution < -0.4 is 15.5 Å². The lowest BCUT2D eigenvalue weighted by Gasteiger charge is -2.13. The van der Waals surface area contributed by atoms with E-state index >= 15 is 0 Å². The molecule has 2 amide bonds. The highest BCUT2D eigenvalue weighted by Crippen LogP contribution is 2.18. The van der Waals surface area contributed by atoms with Gasteiger partial charge in [0.1, 0.15) is 17.3 Å². The first-order valence-electron chi connectivity index (χ1n) is 8.64. The van der Waals surface area contributed by atoms with Gasteiger partial charge in [-0.2, -0.15) is 0 Å². The van der Waals surface area contributed by atoms with Crippen molar-refractivity contribution in [3.8, 4) is 0 Å². The Morgan fingerprint density at radius 3 is 2.28 bits per heavy atom. The number of carbonyl (C=O) groups excluding carboxylic acids is 2. The van der Waals surface area contributed by atoms with Crippen molar-refractivity contribution in [2.75, 3.05) is 29.6 Å². The topological polar surface area (TPSA) is 74.3 Å². The summed E-state index contributed by atoms with van der Waals surface area (Å²) < 4.78 is 26.7. The third-order valence-corrected chi connectivity index (χ3v) is 4.08. The quantitative estimate of drug-likeness (QED) is 0.685. The van der Waals surface area contributed by atoms with Crippen molar-refractivity contribution < 1.29 is 18.4 Å². The van der Waals surface area contributed by atoms with E-state index in [2.05, 4.69) is 15.6 Å². The van der Waals surface area contributed by atoms with Gasteiger partial charge in [0, 0.05) is 43.3 Å². The van der Waals surface area contributed by atoms with Gasteiger partial charge in [-0.05, 0) is 48.5 Å². The van der Waals surface area contributed by atoms with Gasteiger partial charge in [-0.15, -0.1) is 0 Å². The minimum atomic E-state index is -0.909. The molecule has 0 radical (unpaired) electrons. The van der Waals surface area contributed by atoms with E-state index in [1.54, 1.807) is 12.1 Å². The highest BCUT2D eigenvalue weighted by molar-refractivity contribution is 6.07. The summed E-state index contributed by atoms with van der Waals surface area (Å²) in [4.78, 5) is 30.6. The molecule has 0 atom stereocenters. The van der Waals surface area contributed by atoms with Gasteiger partial charge < -0.3 is 15.5 Å². The van der Waals surface area contributed by atoms with Crippen LogP contribution in [-0.4, -0.2) is 30.9 Å². The summed E-state index contributed by atoms with van der Waals surface area (Å²) in [6, 6.07) is 12.8. The van der Waals surface area contributed by atoms with Gasteiger partial charge in [0.05, 0.1) is 5.69 Å². The second-order valence-corrected chi connectivity index (χ2v) is 6.40. The maximum absolute atomic E-state index is 13.7. The fourth-order valence-corrected chi connectivity index (χ4v) is 2.52. The molecule has 29 heavy (non-hydrogen) atoms. The molecule has 3 rings (SSSR count). The van der Waals surface area contributed by atoms with Crippen LogP contribution in [-0.2, 0) is 0 Å². The van der Waals surface area contributed by atoms with Crippen LogP contribution in [0.25, 0.3) is 0 Å². The first-order chi connectivity index (χ1) is 13.8. The average molecular weight is 396 g/mol. The number of carbonyl (C=O) groups is 2. The van der Waals surface area contributed by atoms with E-state index in [0.717, 1.165) is 17.8 Å². The van der Waals surface area contributed by atoms with Gasteiger partial charge in [0.25, 0.3) is 11.8 Å². The zero-order valence-electron chi connectivity index (χ0n) is 15.7. The fraction of sp³-hybridized carbons (Fsp3) is 0.0952. The molecule has 0 fully saturated rings. The third-order valence-electron chi connectivity index (χ3n) is 4.08. The Kier molecular flexibility index (Phi) is 5.82. The lowest BCUT2D eigenvalue weighted by Crippen LogP contribution is -2.17. The molecular formula is C21H18F2N4O2. The van der Waals surface area contributed by atoms with Crippen molar-refractivity contribution in [2.45, 2.75) is 0 Å². The van der Waals surface area contributed by atoms with Crippen molar-refractivity contribution in [3.63, 3.8) is 0 Å². The molecule has 0 aliphatic heterocycles. The molecule has 148 valence electrons. The van der Waals surface area contributed by atoms with Crippen molar-refractivity contribution >= 4 is 28.9 Å². The van der Waals surface area contributed by atoms with Crippen LogP contribution in [0.4, 0.5) is 25.8 Å². The fourth-order valence-electron chi connectivity index (χ4n) is 2.52. The zero-order chi connectivity index (χ0) is 21.0. The Morgan fingerprint density at radius 1 is 0.897 bits per heavy atom. The molecule has 2 aromatic carbocycles. The molecule has 0 spiro atoms. The van der Waals surface area contributed by atoms with E-state index in [9.17, 15) is 18.4 Å². The SMILES string of the molecule is CN(C)c1ccc(NC(=O)c2ccnc(C(=O)Nc3ccc(F)cc3F)c2)cc1. The summed E-state index contributed by atoms with van der Waals surface area (Å²) in [6.07, 6.45) is 1.31. The molecule has 6 nitrogen and oxygen atoms in total. The Labute approximate surface area is 166 Å². The van der Waals surface area contributed by atoms with E-state index in [0.29, 0.717) is 11.8 Å². The maximum Gasteiger partial charge on any atom is 0.274 e. The molecule has 0 aliphatic carbocycles. The van der Waals surface area contributed by atoms with E-state index in [4.69, 9.17) is 0 Å². The third kappa shape index (κ3) is 4.92. The summed E-state index contributed by atoms with van der Waals surface area (Å²) in [6.45, 7) is 0. The predicted octanol–water partition coefficient (Wildman–Crippen LogP) is 3.93. The molecule has 1 heterocycles. The molecule has 0 saturated heterocycles. The summed E-state index contributed by atoms with van der Waals surface area (Å²) >= 11 is 0. The van der Waals surface area contributed by atoms with E-state index in [-0.39, 0.29) is 16.9 Å². The molecule has 0 saturated carbocycles. The molecule has 1 aromatic heterocycles. The highest BCUT2D eigenvalue weighted by atomic mass is 19.1. The summed E-state index contributed by atoms with van der Waals surface area (Å²) in [5.74, 6) is -2.81. The highest BCUT2D eigenvalue weighted by Gasteiger charge is 2.14. The van der Waals surface area contributed by atoms with Crippen molar-refractivity contribution in [2.24, 2.45) is 0 Å². The number of hydrogen-bond donors (Lipinski definition) is 2. The molecule has 2 N–H and O–H groups in total. The predicted molar refractivity (Wildman–Crippen MR) is 107 cm³/mol. The number of nitrogens with zero attached hydrogens (tertiary/aromatic N) is 2. The second kappa shape index (κ2) is 8.47. The number of anilines is 3. The maximum atomic E-state index is 13.7. The Morgan fingerprint density at radius 2 is 1.62 bits per heavy atom. The minimum absolute atomic E-state index is 0.0793. The van der Waals surface area contributed by atoms with E-state index in [1.165, 1.54) is 18.3 Å². The number of halogens is 2. The molecular weight excluding hydrogens is 378 g/mol. The largest absolute Gasteiger partial charge is 0.378 e. The lowest BCUT2D eigenvalue weighted by atomic mass is 10.2. The van der Waals surface area contributed by atoms with Gasteiger partial charge in [-0.3, -0.25) is 14.6 Å². The van der Waals surface area contributed by atoms with Crippen LogP contribution >= 0.6 is 0 Å². The monoisotopic (exact) mass is 396 g/mol. The number of hydrogen-bond acceptors (Lipinski definition) is 4. The molecule has 8 heteroatoms. The van der Waals surface area contributed by atoms with Gasteiger partial charge >= 0.3 is 0 Å². The summed E-state index contributed by atoms with van der Waals surface area (Å²) in [5, 5.41) is 5.04. The molecule has 3 aromatic rings. The zero-order valence-corrected chi connectivity index (χ0v) is 15.7. The molecule has 0 bridgehead atoms. The van der Waals surface area contributed by atoms with Crippen LogP contribution in [0.5, 0.6) is 0 Å². The first-order valence-corrected chi connectivity index (χ1v) is 8.64. The van der Waals surface area contributed by atoms with Gasteiger partial charge in [-0.1, -0.05) is 0 Å². The number of rotatable bonds is 5. The smallest absolute Gasteiger partial charge is 0.274 e. The average Bonchev–Trinajstić information content (AvgIpc) is 2.70. The number of amides is 2. The Hall–Kier alpha value is -3.81. The number of nitrogens with one attached hydrogen (secondary N) is 2. The summed E-state index contributed by atoms with van der Waals surface area (Å²) in [5.41, 5.74) is 1.52. The second-order valence-electron chi connectivity index (χ2n) is 6.40. The van der Waals surface area contributed by atoms with Gasteiger partial charge in [0.2, 0.25) is 0 Å². The number of aromatic nitrogens is 1. The van der Waals surface area contributed by atoms with Crippen molar-refractivity contribution in [1.29, 1.82) is 0 Å². The van der Waals surface area contributed by atoms with E-state index < -0.39 is 23.4 Å². The van der Waals surface area contributed by atoms with Crippen molar-refractivity contribution in [3.05, 3.63) is 83.7 Å². The van der Waals surface area contributed by atoms with Crippen molar-refractivity contribution in [1.82, 2.24) is 4.98 Å². The minimum Gasteiger partial charge on any atom is -0.378 e. The lowest BCUT2D eigenvalue weighted by molar-refractivity contribution is 0.102. The Bertz CT molecular complexity index is 1050. The number of benzene rings is 2.